The molecule has 1 atom stereocenters. The number of hydrogen-bond donors (Lipinski definition) is 1. The number of methoxy groups -OCH3 is 2. The lowest BCUT2D eigenvalue weighted by molar-refractivity contribution is 0.00535. The maximum absolute atomic E-state index is 5.99. The molecule has 0 aliphatic rings. The Bertz CT molecular complexity index is 402. The predicted octanol–water partition coefficient (Wildman–Crippen LogP) is 2.91. The Balaban J connectivity index is 2.78. The molecule has 4 heteroatoms. The second-order valence-electron chi connectivity index (χ2n) is 5.22. The third kappa shape index (κ3) is 4.40. The van der Waals surface area contributed by atoms with E-state index in [4.69, 9.17) is 19.9 Å². The number of benzene rings is 1. The average Bonchev–Trinajstić information content (AvgIpc) is 2.37. The van der Waals surface area contributed by atoms with Crippen LogP contribution in [0.5, 0.6) is 11.5 Å². The molecule has 0 fully saturated rings. The van der Waals surface area contributed by atoms with Crippen LogP contribution in [-0.2, 0) is 4.74 Å². The van der Waals surface area contributed by atoms with Gasteiger partial charge < -0.3 is 19.9 Å². The second kappa shape index (κ2) is 6.78. The molecule has 0 heterocycles. The molecule has 0 spiro atoms. The van der Waals surface area contributed by atoms with E-state index in [9.17, 15) is 0 Å². The van der Waals surface area contributed by atoms with Crippen LogP contribution < -0.4 is 15.2 Å². The highest BCUT2D eigenvalue weighted by Crippen LogP contribution is 2.33. The molecule has 1 aromatic rings. The SMILES string of the molecule is COc1cccc(OCCC(C)(C)OC)c1[C@H](C)N. The molecule has 4 nitrogen and oxygen atoms in total. The van der Waals surface area contributed by atoms with E-state index >= 15 is 0 Å². The topological polar surface area (TPSA) is 53.7 Å². The van der Waals surface area contributed by atoms with Gasteiger partial charge in [-0.25, -0.2) is 0 Å². The van der Waals surface area contributed by atoms with Gasteiger partial charge in [0.05, 0.1) is 24.9 Å². The molecule has 0 aliphatic carbocycles. The maximum atomic E-state index is 5.99. The first-order chi connectivity index (χ1) is 8.91. The van der Waals surface area contributed by atoms with Gasteiger partial charge in [-0.2, -0.15) is 0 Å². The van der Waals surface area contributed by atoms with Crippen LogP contribution in [0.25, 0.3) is 0 Å². The molecule has 1 aromatic carbocycles. The van der Waals surface area contributed by atoms with E-state index in [1.54, 1.807) is 14.2 Å². The summed E-state index contributed by atoms with van der Waals surface area (Å²) in [6.45, 7) is 6.57. The molecule has 0 bridgehead atoms. The standard InChI is InChI=1S/C15H25NO3/c1-11(16)14-12(17-4)7-6-8-13(14)19-10-9-15(2,3)18-5/h6-8,11H,9-10,16H2,1-5H3/t11-/m0/s1. The lowest BCUT2D eigenvalue weighted by Gasteiger charge is -2.23. The van der Waals surface area contributed by atoms with Crippen LogP contribution in [0.15, 0.2) is 18.2 Å². The van der Waals surface area contributed by atoms with Crippen molar-refractivity contribution in [1.82, 2.24) is 0 Å². The van der Waals surface area contributed by atoms with E-state index in [0.29, 0.717) is 6.61 Å². The zero-order valence-corrected chi connectivity index (χ0v) is 12.5. The third-order valence-electron chi connectivity index (χ3n) is 3.22. The van der Waals surface area contributed by atoms with Gasteiger partial charge in [0, 0.05) is 19.6 Å². The van der Waals surface area contributed by atoms with Crippen molar-refractivity contribution in [3.63, 3.8) is 0 Å². The van der Waals surface area contributed by atoms with Crippen LogP contribution in [0.3, 0.4) is 0 Å². The van der Waals surface area contributed by atoms with Crippen LogP contribution >= 0.6 is 0 Å². The Kier molecular flexibility index (Phi) is 5.63. The summed E-state index contributed by atoms with van der Waals surface area (Å²) in [5.41, 5.74) is 6.71. The molecule has 1 rings (SSSR count). The molecule has 0 amide bonds. The molecule has 0 aromatic heterocycles. The second-order valence-corrected chi connectivity index (χ2v) is 5.22. The fraction of sp³-hybridized carbons (Fsp3) is 0.600. The van der Waals surface area contributed by atoms with Crippen molar-refractivity contribution >= 4 is 0 Å². The van der Waals surface area contributed by atoms with Crippen LogP contribution in [0.4, 0.5) is 0 Å². The number of nitrogens with two attached hydrogens (primary N) is 1. The molecule has 0 saturated carbocycles. The molecule has 0 aliphatic heterocycles. The van der Waals surface area contributed by atoms with Gasteiger partial charge in [0.2, 0.25) is 0 Å². The highest BCUT2D eigenvalue weighted by atomic mass is 16.5. The van der Waals surface area contributed by atoms with Crippen molar-refractivity contribution in [1.29, 1.82) is 0 Å². The van der Waals surface area contributed by atoms with Gasteiger partial charge in [0.25, 0.3) is 0 Å². The first kappa shape index (κ1) is 15.8. The van der Waals surface area contributed by atoms with Crippen molar-refractivity contribution in [3.8, 4) is 11.5 Å². The Morgan fingerprint density at radius 3 is 2.37 bits per heavy atom. The molecule has 108 valence electrons. The third-order valence-corrected chi connectivity index (χ3v) is 3.22. The number of ether oxygens (including phenoxy) is 3. The normalized spacial score (nSPS) is 13.2. The molecule has 0 saturated heterocycles. The molecular weight excluding hydrogens is 242 g/mol. The minimum absolute atomic E-state index is 0.137. The Hall–Kier alpha value is -1.26. The van der Waals surface area contributed by atoms with Gasteiger partial charge in [-0.1, -0.05) is 6.07 Å². The first-order valence-corrected chi connectivity index (χ1v) is 6.51. The van der Waals surface area contributed by atoms with E-state index in [1.165, 1.54) is 0 Å². The monoisotopic (exact) mass is 267 g/mol. The van der Waals surface area contributed by atoms with Crippen molar-refractivity contribution in [2.45, 2.75) is 38.8 Å². The highest BCUT2D eigenvalue weighted by Gasteiger charge is 2.18. The summed E-state index contributed by atoms with van der Waals surface area (Å²) in [6, 6.07) is 5.58. The molecule has 0 unspecified atom stereocenters. The van der Waals surface area contributed by atoms with Crippen LogP contribution in [-0.4, -0.2) is 26.4 Å². The summed E-state index contributed by atoms with van der Waals surface area (Å²) in [4.78, 5) is 0. The average molecular weight is 267 g/mol. The van der Waals surface area contributed by atoms with E-state index < -0.39 is 0 Å². The Morgan fingerprint density at radius 2 is 1.84 bits per heavy atom. The Morgan fingerprint density at radius 1 is 1.21 bits per heavy atom. The number of hydrogen-bond acceptors (Lipinski definition) is 4. The predicted molar refractivity (Wildman–Crippen MR) is 76.8 cm³/mol. The number of rotatable bonds is 7. The van der Waals surface area contributed by atoms with E-state index in [-0.39, 0.29) is 11.6 Å². The van der Waals surface area contributed by atoms with Gasteiger partial charge in [-0.05, 0) is 32.9 Å². The van der Waals surface area contributed by atoms with Gasteiger partial charge in [-0.3, -0.25) is 0 Å². The van der Waals surface area contributed by atoms with E-state index in [0.717, 1.165) is 23.5 Å². The van der Waals surface area contributed by atoms with Gasteiger partial charge in [0.1, 0.15) is 11.5 Å². The van der Waals surface area contributed by atoms with Gasteiger partial charge >= 0.3 is 0 Å². The first-order valence-electron chi connectivity index (χ1n) is 6.51. The van der Waals surface area contributed by atoms with E-state index in [2.05, 4.69) is 0 Å². The zero-order chi connectivity index (χ0) is 14.5. The molecule has 19 heavy (non-hydrogen) atoms. The smallest absolute Gasteiger partial charge is 0.127 e. The summed E-state index contributed by atoms with van der Waals surface area (Å²) in [7, 11) is 3.35. The Labute approximate surface area is 115 Å². The van der Waals surface area contributed by atoms with Gasteiger partial charge in [-0.15, -0.1) is 0 Å². The van der Waals surface area contributed by atoms with Crippen molar-refractivity contribution < 1.29 is 14.2 Å². The van der Waals surface area contributed by atoms with E-state index in [1.807, 2.05) is 39.0 Å². The minimum atomic E-state index is -0.187. The van der Waals surface area contributed by atoms with Crippen LogP contribution in [0, 0.1) is 0 Å². The largest absolute Gasteiger partial charge is 0.496 e. The van der Waals surface area contributed by atoms with Crippen molar-refractivity contribution in [2.75, 3.05) is 20.8 Å². The van der Waals surface area contributed by atoms with Gasteiger partial charge in [0.15, 0.2) is 0 Å². The summed E-state index contributed by atoms with van der Waals surface area (Å²) in [5.74, 6) is 1.54. The van der Waals surface area contributed by atoms with Crippen molar-refractivity contribution in [2.24, 2.45) is 5.73 Å². The summed E-state index contributed by atoms with van der Waals surface area (Å²) in [6.07, 6.45) is 0.805. The van der Waals surface area contributed by atoms with Crippen LogP contribution in [0.2, 0.25) is 0 Å². The van der Waals surface area contributed by atoms with Crippen LogP contribution in [0.1, 0.15) is 38.8 Å². The lowest BCUT2D eigenvalue weighted by atomic mass is 10.1. The molecule has 0 radical (unpaired) electrons. The summed E-state index contributed by atoms with van der Waals surface area (Å²) >= 11 is 0. The fourth-order valence-electron chi connectivity index (χ4n) is 1.79. The quantitative estimate of drug-likeness (QED) is 0.825. The maximum Gasteiger partial charge on any atom is 0.127 e. The zero-order valence-electron chi connectivity index (χ0n) is 12.5. The fourth-order valence-corrected chi connectivity index (χ4v) is 1.79. The summed E-state index contributed by atoms with van der Waals surface area (Å²) < 4.78 is 16.5. The molecular formula is C15H25NO3. The highest BCUT2D eigenvalue weighted by molar-refractivity contribution is 5.46. The minimum Gasteiger partial charge on any atom is -0.496 e. The van der Waals surface area contributed by atoms with Crippen molar-refractivity contribution in [3.05, 3.63) is 23.8 Å². The summed E-state index contributed by atoms with van der Waals surface area (Å²) in [5, 5.41) is 0. The molecule has 2 N–H and O–H groups in total. The lowest BCUT2D eigenvalue weighted by Crippen LogP contribution is -2.25.